The third-order valence-electron chi connectivity index (χ3n) is 4.31. The number of aromatic amines is 1. The zero-order chi connectivity index (χ0) is 17.3. The number of carbonyl (C=O) groups excluding carboxylic acids is 1. The van der Waals surface area contributed by atoms with Gasteiger partial charge in [0.15, 0.2) is 0 Å². The monoisotopic (exact) mass is 351 g/mol. The topological polar surface area (TPSA) is 91.5 Å². The minimum absolute atomic E-state index is 0.0399. The van der Waals surface area contributed by atoms with Gasteiger partial charge in [-0.2, -0.15) is 0 Å². The summed E-state index contributed by atoms with van der Waals surface area (Å²) in [7, 11) is -0.329. The highest BCUT2D eigenvalue weighted by atomic mass is 32.2. The molecule has 0 saturated carbocycles. The second-order valence-corrected chi connectivity index (χ2v) is 8.45. The highest BCUT2D eigenvalue weighted by molar-refractivity contribution is 7.89. The van der Waals surface area contributed by atoms with Crippen molar-refractivity contribution in [2.45, 2.75) is 6.04 Å². The molecule has 3 rings (SSSR count). The zero-order valence-corrected chi connectivity index (χ0v) is 14.5. The van der Waals surface area contributed by atoms with E-state index >= 15 is 0 Å². The fourth-order valence-corrected chi connectivity index (χ4v) is 3.96. The number of nitrogens with zero attached hydrogens (tertiary/aromatic N) is 1. The smallest absolute Gasteiger partial charge is 0.251 e. The summed E-state index contributed by atoms with van der Waals surface area (Å²) in [5.74, 6) is -0.514. The summed E-state index contributed by atoms with van der Waals surface area (Å²) in [6.45, 7) is 0.653. The quantitative estimate of drug-likeness (QED) is 0.834. The molecule has 1 amide bonds. The van der Waals surface area contributed by atoms with Gasteiger partial charge in [-0.05, 0) is 24.3 Å². The first kappa shape index (κ1) is 16.9. The maximum atomic E-state index is 12.5. The van der Waals surface area contributed by atoms with Gasteiger partial charge in [0.1, 0.15) is 0 Å². The molecule has 2 heterocycles. The predicted molar refractivity (Wildman–Crippen MR) is 91.3 cm³/mol. The molecule has 1 saturated heterocycles. The number of aromatic nitrogens is 1. The van der Waals surface area contributed by atoms with E-state index in [1.807, 2.05) is 24.4 Å². The molecule has 1 aromatic heterocycles. The van der Waals surface area contributed by atoms with Crippen LogP contribution in [0.4, 0.5) is 0 Å². The molecule has 0 bridgehead atoms. The van der Waals surface area contributed by atoms with Crippen molar-refractivity contribution in [3.8, 4) is 0 Å². The normalized spacial score (nSPS) is 21.5. The van der Waals surface area contributed by atoms with Gasteiger partial charge in [0.25, 0.3) is 5.91 Å². The summed E-state index contributed by atoms with van der Waals surface area (Å²) in [6.07, 6.45) is 1.82. The number of H-pyrrole nitrogens is 1. The van der Waals surface area contributed by atoms with Crippen molar-refractivity contribution >= 4 is 26.8 Å². The second-order valence-electron chi connectivity index (χ2n) is 6.22. The number of rotatable bonds is 5. The van der Waals surface area contributed by atoms with E-state index in [4.69, 9.17) is 4.74 Å². The van der Waals surface area contributed by atoms with Gasteiger partial charge in [0, 0.05) is 42.7 Å². The van der Waals surface area contributed by atoms with E-state index in [1.165, 1.54) is 18.4 Å². The summed E-state index contributed by atoms with van der Waals surface area (Å²) in [5, 5.41) is 3.86. The van der Waals surface area contributed by atoms with Crippen molar-refractivity contribution in [1.82, 2.24) is 14.6 Å². The molecule has 130 valence electrons. The molecule has 2 aromatic rings. The Kier molecular flexibility index (Phi) is 4.62. The van der Waals surface area contributed by atoms with Gasteiger partial charge in [-0.1, -0.05) is 0 Å². The van der Waals surface area contributed by atoms with E-state index in [1.54, 1.807) is 6.07 Å². The van der Waals surface area contributed by atoms with E-state index < -0.39 is 10.0 Å². The molecule has 0 aliphatic carbocycles. The number of nitrogens with one attached hydrogen (secondary N) is 2. The van der Waals surface area contributed by atoms with Gasteiger partial charge in [0.2, 0.25) is 10.0 Å². The van der Waals surface area contributed by atoms with Crippen LogP contribution >= 0.6 is 0 Å². The Bertz CT molecular complexity index is 844. The van der Waals surface area contributed by atoms with Crippen molar-refractivity contribution < 1.29 is 17.9 Å². The van der Waals surface area contributed by atoms with Crippen LogP contribution in [0.2, 0.25) is 0 Å². The minimum Gasteiger partial charge on any atom is -0.379 e. The number of amides is 1. The van der Waals surface area contributed by atoms with Crippen LogP contribution in [0.5, 0.6) is 0 Å². The van der Waals surface area contributed by atoms with Gasteiger partial charge in [-0.3, -0.25) is 4.79 Å². The van der Waals surface area contributed by atoms with Crippen LogP contribution in [-0.4, -0.2) is 62.7 Å². The Morgan fingerprint density at radius 2 is 2.12 bits per heavy atom. The van der Waals surface area contributed by atoms with Crippen LogP contribution in [0, 0.1) is 5.92 Å². The Hall–Kier alpha value is -1.90. The van der Waals surface area contributed by atoms with Crippen molar-refractivity contribution in [3.05, 3.63) is 36.0 Å². The number of hydrogen-bond acceptors (Lipinski definition) is 4. The van der Waals surface area contributed by atoms with Crippen molar-refractivity contribution in [2.24, 2.45) is 5.92 Å². The molecule has 1 fully saturated rings. The van der Waals surface area contributed by atoms with Crippen molar-refractivity contribution in [1.29, 1.82) is 0 Å². The number of carbonyl (C=O) groups is 1. The fourth-order valence-electron chi connectivity index (χ4n) is 2.79. The Labute approximate surface area is 141 Å². The second kappa shape index (κ2) is 6.54. The lowest BCUT2D eigenvalue weighted by Gasteiger charge is -2.21. The Morgan fingerprint density at radius 3 is 2.88 bits per heavy atom. The highest BCUT2D eigenvalue weighted by Crippen LogP contribution is 2.19. The molecular formula is C16H21N3O4S. The molecule has 0 radical (unpaired) electrons. The van der Waals surface area contributed by atoms with E-state index in [0.29, 0.717) is 18.8 Å². The Morgan fingerprint density at radius 1 is 1.33 bits per heavy atom. The van der Waals surface area contributed by atoms with Crippen molar-refractivity contribution in [2.75, 3.05) is 33.1 Å². The summed E-state index contributed by atoms with van der Waals surface area (Å²) >= 11 is 0. The molecular weight excluding hydrogens is 330 g/mol. The molecule has 2 N–H and O–H groups in total. The van der Waals surface area contributed by atoms with Crippen LogP contribution in [0.3, 0.4) is 0 Å². The summed E-state index contributed by atoms with van der Waals surface area (Å²) < 4.78 is 30.7. The van der Waals surface area contributed by atoms with Gasteiger partial charge in [-0.25, -0.2) is 12.7 Å². The van der Waals surface area contributed by atoms with Gasteiger partial charge >= 0.3 is 0 Å². The minimum atomic E-state index is -3.34. The fraction of sp³-hybridized carbons (Fsp3) is 0.438. The van der Waals surface area contributed by atoms with E-state index in [9.17, 15) is 13.2 Å². The molecule has 0 spiro atoms. The molecule has 24 heavy (non-hydrogen) atoms. The van der Waals surface area contributed by atoms with E-state index in [0.717, 1.165) is 10.9 Å². The first-order valence-corrected chi connectivity index (χ1v) is 9.34. The number of benzene rings is 1. The molecule has 8 heteroatoms. The third-order valence-corrected chi connectivity index (χ3v) is 6.27. The van der Waals surface area contributed by atoms with Gasteiger partial charge < -0.3 is 15.0 Å². The Balaban J connectivity index is 1.70. The molecule has 1 aliphatic heterocycles. The maximum absolute atomic E-state index is 12.5. The third kappa shape index (κ3) is 3.45. The van der Waals surface area contributed by atoms with Gasteiger partial charge in [0.05, 0.1) is 25.0 Å². The maximum Gasteiger partial charge on any atom is 0.251 e. The average molecular weight is 351 g/mol. The van der Waals surface area contributed by atoms with Crippen LogP contribution in [0.15, 0.2) is 30.5 Å². The molecule has 0 unspecified atom stereocenters. The molecule has 1 aliphatic rings. The summed E-state index contributed by atoms with van der Waals surface area (Å²) in [5.41, 5.74) is 1.51. The highest BCUT2D eigenvalue weighted by Gasteiger charge is 2.34. The molecule has 2 atom stereocenters. The standard InChI is InChI=1S/C16H21N3O4S/c1-19(2)24(21,22)10-13-8-23-9-15(13)18-16(20)12-3-4-14-11(7-12)5-6-17-14/h3-7,13,15,17H,8-10H2,1-2H3,(H,18,20)/t13-,15+/m0/s1. The van der Waals surface area contributed by atoms with E-state index in [-0.39, 0.29) is 23.6 Å². The molecule has 7 nitrogen and oxygen atoms in total. The lowest BCUT2D eigenvalue weighted by molar-refractivity contribution is 0.0926. The molecule has 1 aromatic carbocycles. The first-order valence-electron chi connectivity index (χ1n) is 7.73. The largest absolute Gasteiger partial charge is 0.379 e. The zero-order valence-electron chi connectivity index (χ0n) is 13.7. The SMILES string of the molecule is CN(C)S(=O)(=O)C[C@@H]1COC[C@H]1NC(=O)c1ccc2[nH]ccc2c1. The van der Waals surface area contributed by atoms with Gasteiger partial charge in [-0.15, -0.1) is 0 Å². The van der Waals surface area contributed by atoms with E-state index in [2.05, 4.69) is 10.3 Å². The number of sulfonamides is 1. The van der Waals surface area contributed by atoms with Crippen molar-refractivity contribution in [3.63, 3.8) is 0 Å². The van der Waals surface area contributed by atoms with Crippen LogP contribution in [-0.2, 0) is 14.8 Å². The average Bonchev–Trinajstić information content (AvgIpc) is 3.15. The van der Waals surface area contributed by atoms with Crippen LogP contribution in [0.25, 0.3) is 10.9 Å². The summed E-state index contributed by atoms with van der Waals surface area (Å²) in [4.78, 5) is 15.6. The number of hydrogen-bond donors (Lipinski definition) is 2. The summed E-state index contributed by atoms with van der Waals surface area (Å²) in [6, 6.07) is 6.99. The number of fused-ring (bicyclic) bond motifs is 1. The van der Waals surface area contributed by atoms with Crippen LogP contribution < -0.4 is 5.32 Å². The van der Waals surface area contributed by atoms with Crippen LogP contribution in [0.1, 0.15) is 10.4 Å². The first-order chi connectivity index (χ1) is 11.4. The lowest BCUT2D eigenvalue weighted by Crippen LogP contribution is -2.43. The lowest BCUT2D eigenvalue weighted by atomic mass is 10.1. The number of ether oxygens (including phenoxy) is 1. The predicted octanol–water partition coefficient (Wildman–Crippen LogP) is 0.804.